The molecule has 1 N–H and O–H groups in total. The maximum Gasteiger partial charge on any atom is 0.339 e. The molecule has 2 heterocycles. The molecule has 2 rings (SSSR count). The number of nitrogens with zero attached hydrogens (tertiary/aromatic N) is 1. The topological polar surface area (TPSA) is 68.3 Å². The van der Waals surface area contributed by atoms with Crippen LogP contribution in [0.5, 0.6) is 0 Å². The normalized spacial score (nSPS) is 13.4. The Bertz CT molecular complexity index is 415. The number of methoxy groups -OCH3 is 1. The van der Waals surface area contributed by atoms with Crippen molar-refractivity contribution in [1.82, 2.24) is 10.3 Å². The second kappa shape index (κ2) is 3.10. The number of ether oxygens (including phenoxy) is 1. The van der Waals surface area contributed by atoms with Crippen LogP contribution in [0.3, 0.4) is 0 Å². The highest BCUT2D eigenvalue weighted by Gasteiger charge is 2.21. The largest absolute Gasteiger partial charge is 0.465 e. The average molecular weight is 192 g/mol. The van der Waals surface area contributed by atoms with Crippen molar-refractivity contribution >= 4 is 11.9 Å². The summed E-state index contributed by atoms with van der Waals surface area (Å²) in [6.07, 6.45) is 1.41. The van der Waals surface area contributed by atoms with E-state index in [4.69, 9.17) is 0 Å². The Labute approximate surface area is 80.1 Å². The Morgan fingerprint density at radius 1 is 1.64 bits per heavy atom. The summed E-state index contributed by atoms with van der Waals surface area (Å²) in [5.41, 5.74) is 1.42. The molecule has 1 aromatic heterocycles. The molecular formula is C9H8N2O3. The summed E-state index contributed by atoms with van der Waals surface area (Å²) in [6, 6.07) is 1.50. The SMILES string of the molecule is COC(=O)c1cnc2c(c1)C(=O)NC2. The number of carbonyl (C=O) groups is 2. The summed E-state index contributed by atoms with van der Waals surface area (Å²) in [5.74, 6) is -0.682. The van der Waals surface area contributed by atoms with Crippen molar-refractivity contribution in [2.75, 3.05) is 7.11 Å². The molecule has 1 aliphatic heterocycles. The maximum absolute atomic E-state index is 11.2. The molecule has 0 atom stereocenters. The molecule has 5 heteroatoms. The maximum atomic E-state index is 11.2. The number of nitrogens with one attached hydrogen (secondary N) is 1. The van der Waals surface area contributed by atoms with Gasteiger partial charge in [0.25, 0.3) is 5.91 Å². The van der Waals surface area contributed by atoms with Gasteiger partial charge in [0.05, 0.1) is 30.5 Å². The Morgan fingerprint density at radius 2 is 2.43 bits per heavy atom. The zero-order valence-corrected chi connectivity index (χ0v) is 7.53. The molecule has 0 radical (unpaired) electrons. The molecule has 0 aromatic carbocycles. The number of rotatable bonds is 1. The van der Waals surface area contributed by atoms with Gasteiger partial charge in [-0.2, -0.15) is 0 Å². The molecule has 1 aliphatic rings. The highest BCUT2D eigenvalue weighted by Crippen LogP contribution is 2.14. The van der Waals surface area contributed by atoms with Gasteiger partial charge in [0.15, 0.2) is 0 Å². The zero-order chi connectivity index (χ0) is 10.1. The number of esters is 1. The van der Waals surface area contributed by atoms with E-state index in [0.29, 0.717) is 23.4 Å². The first-order valence-corrected chi connectivity index (χ1v) is 4.08. The number of fused-ring (bicyclic) bond motifs is 1. The predicted octanol–water partition coefficient (Wildman–Crippen LogP) is 0.112. The lowest BCUT2D eigenvalue weighted by Gasteiger charge is -1.99. The highest BCUT2D eigenvalue weighted by molar-refractivity contribution is 6.00. The van der Waals surface area contributed by atoms with Crippen LogP contribution < -0.4 is 5.32 Å². The Balaban J connectivity index is 2.44. The first kappa shape index (κ1) is 8.68. The summed E-state index contributed by atoms with van der Waals surface area (Å²) in [6.45, 7) is 0.426. The van der Waals surface area contributed by atoms with Crippen LogP contribution in [0.25, 0.3) is 0 Å². The van der Waals surface area contributed by atoms with Crippen molar-refractivity contribution < 1.29 is 14.3 Å². The van der Waals surface area contributed by atoms with E-state index >= 15 is 0 Å². The summed E-state index contributed by atoms with van der Waals surface area (Å²) >= 11 is 0. The number of pyridine rings is 1. The van der Waals surface area contributed by atoms with E-state index in [1.165, 1.54) is 19.4 Å². The van der Waals surface area contributed by atoms with Gasteiger partial charge in [-0.05, 0) is 6.07 Å². The lowest BCUT2D eigenvalue weighted by Crippen LogP contribution is -2.12. The standard InChI is InChI=1S/C9H8N2O3/c1-14-9(13)5-2-6-7(10-3-5)4-11-8(6)12/h2-3H,4H2,1H3,(H,11,12). The van der Waals surface area contributed by atoms with E-state index in [9.17, 15) is 9.59 Å². The fourth-order valence-electron chi connectivity index (χ4n) is 1.32. The van der Waals surface area contributed by atoms with Crippen molar-refractivity contribution in [2.45, 2.75) is 6.54 Å². The minimum Gasteiger partial charge on any atom is -0.465 e. The van der Waals surface area contributed by atoms with Gasteiger partial charge in [-0.1, -0.05) is 0 Å². The first-order valence-electron chi connectivity index (χ1n) is 4.08. The molecule has 14 heavy (non-hydrogen) atoms. The van der Waals surface area contributed by atoms with Gasteiger partial charge < -0.3 is 10.1 Å². The molecule has 0 fully saturated rings. The van der Waals surface area contributed by atoms with Crippen molar-refractivity contribution in [3.63, 3.8) is 0 Å². The fourth-order valence-corrected chi connectivity index (χ4v) is 1.32. The van der Waals surface area contributed by atoms with Gasteiger partial charge in [0, 0.05) is 6.20 Å². The first-order chi connectivity index (χ1) is 6.72. The zero-order valence-electron chi connectivity index (χ0n) is 7.53. The van der Waals surface area contributed by atoms with E-state index in [2.05, 4.69) is 15.0 Å². The van der Waals surface area contributed by atoms with Crippen LogP contribution in [0.1, 0.15) is 26.4 Å². The van der Waals surface area contributed by atoms with Gasteiger partial charge in [0.1, 0.15) is 0 Å². The van der Waals surface area contributed by atoms with Crippen molar-refractivity contribution in [3.8, 4) is 0 Å². The van der Waals surface area contributed by atoms with Crippen LogP contribution in [0, 0.1) is 0 Å². The third-order valence-corrected chi connectivity index (χ3v) is 2.05. The van der Waals surface area contributed by atoms with Crippen molar-refractivity contribution in [3.05, 3.63) is 29.1 Å². The predicted molar refractivity (Wildman–Crippen MR) is 46.7 cm³/mol. The molecule has 0 bridgehead atoms. The van der Waals surface area contributed by atoms with Crippen molar-refractivity contribution in [2.24, 2.45) is 0 Å². The molecule has 1 aromatic rings. The molecule has 0 saturated carbocycles. The average Bonchev–Trinajstić information content (AvgIpc) is 2.59. The lowest BCUT2D eigenvalue weighted by atomic mass is 10.1. The van der Waals surface area contributed by atoms with Gasteiger partial charge >= 0.3 is 5.97 Å². The van der Waals surface area contributed by atoms with E-state index in [0.717, 1.165) is 0 Å². The third kappa shape index (κ3) is 1.22. The number of amides is 1. The van der Waals surface area contributed by atoms with E-state index in [1.807, 2.05) is 0 Å². The Morgan fingerprint density at radius 3 is 3.14 bits per heavy atom. The van der Waals surface area contributed by atoms with Crippen molar-refractivity contribution in [1.29, 1.82) is 0 Å². The fraction of sp³-hybridized carbons (Fsp3) is 0.222. The van der Waals surface area contributed by atoms with E-state index in [-0.39, 0.29) is 5.91 Å². The summed E-state index contributed by atoms with van der Waals surface area (Å²) in [7, 11) is 1.29. The lowest BCUT2D eigenvalue weighted by molar-refractivity contribution is 0.0600. The molecule has 1 amide bonds. The van der Waals surface area contributed by atoms with Crippen LogP contribution in [-0.2, 0) is 11.3 Å². The second-order valence-corrected chi connectivity index (χ2v) is 2.89. The van der Waals surface area contributed by atoms with Gasteiger partial charge in [-0.25, -0.2) is 4.79 Å². The van der Waals surface area contributed by atoms with Gasteiger partial charge in [-0.3, -0.25) is 9.78 Å². The molecule has 0 spiro atoms. The Kier molecular flexibility index (Phi) is 1.92. The monoisotopic (exact) mass is 192 g/mol. The van der Waals surface area contributed by atoms with Crippen LogP contribution in [0.4, 0.5) is 0 Å². The molecule has 0 saturated heterocycles. The molecule has 0 aliphatic carbocycles. The van der Waals surface area contributed by atoms with Crippen LogP contribution in [0.15, 0.2) is 12.3 Å². The number of hydrogen-bond acceptors (Lipinski definition) is 4. The van der Waals surface area contributed by atoms with Gasteiger partial charge in [0.2, 0.25) is 0 Å². The van der Waals surface area contributed by atoms with E-state index < -0.39 is 5.97 Å². The Hall–Kier alpha value is -1.91. The number of aromatic nitrogens is 1. The smallest absolute Gasteiger partial charge is 0.339 e. The second-order valence-electron chi connectivity index (χ2n) is 2.89. The molecule has 5 nitrogen and oxygen atoms in total. The minimum atomic E-state index is -0.486. The number of hydrogen-bond donors (Lipinski definition) is 1. The minimum absolute atomic E-state index is 0.196. The third-order valence-electron chi connectivity index (χ3n) is 2.05. The summed E-state index contributed by atoms with van der Waals surface area (Å²) < 4.78 is 4.52. The molecule has 72 valence electrons. The molecular weight excluding hydrogens is 184 g/mol. The van der Waals surface area contributed by atoms with Crippen LogP contribution in [0.2, 0.25) is 0 Å². The number of carbonyl (C=O) groups excluding carboxylic acids is 2. The van der Waals surface area contributed by atoms with Crippen LogP contribution in [-0.4, -0.2) is 24.0 Å². The summed E-state index contributed by atoms with van der Waals surface area (Å²) in [4.78, 5) is 26.3. The molecule has 0 unspecified atom stereocenters. The quantitative estimate of drug-likeness (QED) is 0.641. The summed E-state index contributed by atoms with van der Waals surface area (Å²) in [5, 5.41) is 2.62. The van der Waals surface area contributed by atoms with Gasteiger partial charge in [-0.15, -0.1) is 0 Å². The van der Waals surface area contributed by atoms with E-state index in [1.54, 1.807) is 0 Å². The van der Waals surface area contributed by atoms with Crippen LogP contribution >= 0.6 is 0 Å². The highest BCUT2D eigenvalue weighted by atomic mass is 16.5.